The quantitative estimate of drug-likeness (QED) is 0.788. The smallest absolute Gasteiger partial charge is 0.107 e. The normalized spacial score (nSPS) is 10.7. The van der Waals surface area contributed by atoms with Crippen LogP contribution in [-0.4, -0.2) is 9.55 Å². The fourth-order valence-corrected chi connectivity index (χ4v) is 2.56. The van der Waals surface area contributed by atoms with Crippen LogP contribution in [0.4, 0.5) is 0 Å². The van der Waals surface area contributed by atoms with Gasteiger partial charge in [0.2, 0.25) is 0 Å². The molecule has 1 aromatic carbocycles. The lowest BCUT2D eigenvalue weighted by atomic mass is 9.93. The van der Waals surface area contributed by atoms with Gasteiger partial charge in [0.1, 0.15) is 12.4 Å². The van der Waals surface area contributed by atoms with Crippen LogP contribution in [0.15, 0.2) is 23.6 Å². The topological polar surface area (TPSA) is 47.2 Å². The van der Waals surface area contributed by atoms with Crippen molar-refractivity contribution in [3.63, 3.8) is 0 Å². The second kappa shape index (κ2) is 5.34. The maximum atomic E-state index is 10.6. The average Bonchev–Trinajstić information content (AvgIpc) is 2.76. The molecule has 0 N–H and O–H groups in total. The van der Waals surface area contributed by atoms with Gasteiger partial charge in [-0.15, -0.1) is 0 Å². The van der Waals surface area contributed by atoms with Gasteiger partial charge in [-0.2, -0.15) is 4.91 Å². The minimum Gasteiger partial charge on any atom is -0.331 e. The number of aryl methyl sites for hydroxylation is 3. The first-order chi connectivity index (χ1) is 9.04. The predicted octanol–water partition coefficient (Wildman–Crippen LogP) is 3.43. The van der Waals surface area contributed by atoms with Gasteiger partial charge in [-0.1, -0.05) is 11.2 Å². The Morgan fingerprint density at radius 1 is 1.16 bits per heavy atom. The van der Waals surface area contributed by atoms with E-state index in [0.717, 1.165) is 23.5 Å². The Hall–Kier alpha value is -1.97. The number of benzene rings is 1. The zero-order chi connectivity index (χ0) is 14.0. The fraction of sp³-hybridized carbons (Fsp3) is 0.400. The maximum absolute atomic E-state index is 10.6. The SMILES string of the molecule is Cc1cc(C)c(Cn2ccnc2C)c(C)c1CN=O. The molecule has 100 valence electrons. The van der Waals surface area contributed by atoms with Gasteiger partial charge in [-0.3, -0.25) is 0 Å². The highest BCUT2D eigenvalue weighted by atomic mass is 16.3. The van der Waals surface area contributed by atoms with E-state index in [9.17, 15) is 4.91 Å². The van der Waals surface area contributed by atoms with Crippen molar-refractivity contribution in [1.29, 1.82) is 0 Å². The molecule has 4 nitrogen and oxygen atoms in total. The lowest BCUT2D eigenvalue weighted by molar-refractivity contribution is 0.750. The number of imidazole rings is 1. The number of aromatic nitrogens is 2. The first-order valence-electron chi connectivity index (χ1n) is 6.40. The Balaban J connectivity index is 2.48. The molecule has 2 rings (SSSR count). The van der Waals surface area contributed by atoms with Crippen LogP contribution in [0.1, 0.15) is 33.6 Å². The summed E-state index contributed by atoms with van der Waals surface area (Å²) in [6, 6.07) is 2.13. The summed E-state index contributed by atoms with van der Waals surface area (Å²) in [7, 11) is 0. The van der Waals surface area contributed by atoms with E-state index in [0.29, 0.717) is 0 Å². The number of nitrogens with zero attached hydrogens (tertiary/aromatic N) is 3. The van der Waals surface area contributed by atoms with Crippen LogP contribution in [0.3, 0.4) is 0 Å². The summed E-state index contributed by atoms with van der Waals surface area (Å²) < 4.78 is 2.11. The van der Waals surface area contributed by atoms with Crippen LogP contribution >= 0.6 is 0 Å². The molecular formula is C15H19N3O. The second-order valence-electron chi connectivity index (χ2n) is 4.98. The number of hydrogen-bond donors (Lipinski definition) is 0. The molecule has 0 unspecified atom stereocenters. The van der Waals surface area contributed by atoms with Gasteiger partial charge >= 0.3 is 0 Å². The van der Waals surface area contributed by atoms with E-state index in [1.807, 2.05) is 26.2 Å². The lowest BCUT2D eigenvalue weighted by Gasteiger charge is -2.17. The largest absolute Gasteiger partial charge is 0.331 e. The zero-order valence-electron chi connectivity index (χ0n) is 11.9. The van der Waals surface area contributed by atoms with Gasteiger partial charge in [0.05, 0.1) is 0 Å². The molecule has 0 spiro atoms. The van der Waals surface area contributed by atoms with E-state index in [4.69, 9.17) is 0 Å². The van der Waals surface area contributed by atoms with Crippen molar-refractivity contribution in [3.05, 3.63) is 57.0 Å². The third kappa shape index (κ3) is 2.57. The van der Waals surface area contributed by atoms with E-state index in [2.05, 4.69) is 34.6 Å². The first-order valence-corrected chi connectivity index (χ1v) is 6.40. The second-order valence-corrected chi connectivity index (χ2v) is 4.98. The molecular weight excluding hydrogens is 238 g/mol. The molecule has 0 atom stereocenters. The Bertz CT molecular complexity index is 614. The molecule has 0 saturated carbocycles. The van der Waals surface area contributed by atoms with Crippen LogP contribution in [0, 0.1) is 32.6 Å². The summed E-state index contributed by atoms with van der Waals surface area (Å²) >= 11 is 0. The average molecular weight is 257 g/mol. The molecule has 19 heavy (non-hydrogen) atoms. The minimum atomic E-state index is 0.244. The van der Waals surface area contributed by atoms with E-state index >= 15 is 0 Å². The first kappa shape index (κ1) is 13.5. The Morgan fingerprint density at radius 2 is 1.84 bits per heavy atom. The van der Waals surface area contributed by atoms with Crippen molar-refractivity contribution in [1.82, 2.24) is 9.55 Å². The van der Waals surface area contributed by atoms with Crippen LogP contribution < -0.4 is 0 Å². The molecule has 1 aromatic heterocycles. The van der Waals surface area contributed by atoms with Crippen molar-refractivity contribution in [2.24, 2.45) is 5.18 Å². The Morgan fingerprint density at radius 3 is 2.42 bits per heavy atom. The fourth-order valence-electron chi connectivity index (χ4n) is 2.56. The molecule has 0 amide bonds. The minimum absolute atomic E-state index is 0.244. The van der Waals surface area contributed by atoms with Crippen LogP contribution in [0.25, 0.3) is 0 Å². The molecule has 0 saturated heterocycles. The van der Waals surface area contributed by atoms with Crippen molar-refractivity contribution in [2.75, 3.05) is 0 Å². The molecule has 0 aliphatic carbocycles. The van der Waals surface area contributed by atoms with Gasteiger partial charge < -0.3 is 4.57 Å². The summed E-state index contributed by atoms with van der Waals surface area (Å²) in [5.41, 5.74) is 5.86. The number of hydrogen-bond acceptors (Lipinski definition) is 3. The van der Waals surface area contributed by atoms with Gasteiger partial charge in [0, 0.05) is 18.9 Å². The van der Waals surface area contributed by atoms with Crippen molar-refractivity contribution >= 4 is 0 Å². The molecule has 0 fully saturated rings. The standard InChI is InChI=1S/C15H19N3O/c1-10-7-11(2)15(12(3)14(10)8-17-19)9-18-6-5-16-13(18)4/h5-7H,8-9H2,1-4H3. The van der Waals surface area contributed by atoms with Crippen molar-refractivity contribution in [2.45, 2.75) is 40.8 Å². The zero-order valence-corrected chi connectivity index (χ0v) is 11.9. The summed E-state index contributed by atoms with van der Waals surface area (Å²) in [4.78, 5) is 14.8. The summed E-state index contributed by atoms with van der Waals surface area (Å²) in [5.74, 6) is 0.995. The molecule has 0 aliphatic heterocycles. The maximum Gasteiger partial charge on any atom is 0.107 e. The van der Waals surface area contributed by atoms with E-state index in [-0.39, 0.29) is 6.54 Å². The third-order valence-electron chi connectivity index (χ3n) is 3.77. The van der Waals surface area contributed by atoms with Gasteiger partial charge in [-0.05, 0) is 55.5 Å². The Kier molecular flexibility index (Phi) is 3.79. The Labute approximate surface area is 113 Å². The summed E-state index contributed by atoms with van der Waals surface area (Å²) in [6.45, 7) is 9.24. The molecule has 1 heterocycles. The summed E-state index contributed by atoms with van der Waals surface area (Å²) in [5, 5.41) is 3.04. The van der Waals surface area contributed by atoms with E-state index < -0.39 is 0 Å². The molecule has 0 aliphatic rings. The number of rotatable bonds is 4. The van der Waals surface area contributed by atoms with Crippen LogP contribution in [0.2, 0.25) is 0 Å². The highest BCUT2D eigenvalue weighted by Crippen LogP contribution is 2.24. The molecule has 4 heteroatoms. The third-order valence-corrected chi connectivity index (χ3v) is 3.77. The predicted molar refractivity (Wildman–Crippen MR) is 76.2 cm³/mol. The molecule has 0 bridgehead atoms. The van der Waals surface area contributed by atoms with Gasteiger partial charge in [-0.25, -0.2) is 4.98 Å². The van der Waals surface area contributed by atoms with E-state index in [1.165, 1.54) is 16.7 Å². The number of nitroso groups, excluding NO2 is 1. The van der Waals surface area contributed by atoms with Gasteiger partial charge in [0.25, 0.3) is 0 Å². The van der Waals surface area contributed by atoms with Crippen molar-refractivity contribution < 1.29 is 0 Å². The van der Waals surface area contributed by atoms with E-state index in [1.54, 1.807) is 0 Å². The molecule has 0 radical (unpaired) electrons. The molecule has 2 aromatic rings. The highest BCUT2D eigenvalue weighted by Gasteiger charge is 2.12. The monoisotopic (exact) mass is 257 g/mol. The summed E-state index contributed by atoms with van der Waals surface area (Å²) in [6.07, 6.45) is 3.79. The van der Waals surface area contributed by atoms with Crippen LogP contribution in [0.5, 0.6) is 0 Å². The van der Waals surface area contributed by atoms with Gasteiger partial charge in [0.15, 0.2) is 0 Å². The highest BCUT2D eigenvalue weighted by molar-refractivity contribution is 5.45. The van der Waals surface area contributed by atoms with Crippen molar-refractivity contribution in [3.8, 4) is 0 Å². The lowest BCUT2D eigenvalue weighted by Crippen LogP contribution is -2.07. The van der Waals surface area contributed by atoms with Crippen LogP contribution in [-0.2, 0) is 13.1 Å².